The smallest absolute Gasteiger partial charge is 0.410 e. The van der Waals surface area contributed by atoms with Crippen molar-refractivity contribution in [1.82, 2.24) is 25.1 Å². The summed E-state index contributed by atoms with van der Waals surface area (Å²) in [6, 6.07) is 9.54. The summed E-state index contributed by atoms with van der Waals surface area (Å²) in [5, 5.41) is 8.07. The van der Waals surface area contributed by atoms with Crippen LogP contribution in [-0.4, -0.2) is 56.0 Å². The van der Waals surface area contributed by atoms with Crippen molar-refractivity contribution in [2.75, 3.05) is 13.1 Å². The molecule has 3 heterocycles. The van der Waals surface area contributed by atoms with Crippen molar-refractivity contribution in [2.45, 2.75) is 38.9 Å². The quantitative estimate of drug-likeness (QED) is 0.703. The van der Waals surface area contributed by atoms with Gasteiger partial charge >= 0.3 is 11.8 Å². The Morgan fingerprint density at radius 2 is 2.07 bits per heavy atom. The molecule has 0 aliphatic carbocycles. The van der Waals surface area contributed by atoms with Gasteiger partial charge in [0.15, 0.2) is 5.82 Å². The van der Waals surface area contributed by atoms with Crippen LogP contribution in [0.25, 0.3) is 22.3 Å². The first-order valence-corrected chi connectivity index (χ1v) is 9.48. The summed E-state index contributed by atoms with van der Waals surface area (Å²) < 4.78 is 11.6. The molecule has 0 saturated carbocycles. The highest BCUT2D eigenvalue weighted by atomic mass is 16.6. The molecule has 2 aromatic heterocycles. The minimum atomic E-state index is -0.539. The molecular weight excluding hydrogens is 374 g/mol. The largest absolute Gasteiger partial charge is 0.472 e. The Labute approximate surface area is 167 Å². The third-order valence-corrected chi connectivity index (χ3v) is 4.52. The van der Waals surface area contributed by atoms with Crippen LogP contribution in [0.5, 0.6) is 5.88 Å². The zero-order valence-corrected chi connectivity index (χ0v) is 16.6. The fourth-order valence-corrected chi connectivity index (χ4v) is 3.24. The van der Waals surface area contributed by atoms with Crippen molar-refractivity contribution in [3.63, 3.8) is 0 Å². The minimum Gasteiger partial charge on any atom is -0.472 e. The first kappa shape index (κ1) is 19.0. The predicted octanol–water partition coefficient (Wildman–Crippen LogP) is 2.70. The van der Waals surface area contributed by atoms with E-state index in [0.717, 1.165) is 10.8 Å². The first-order chi connectivity index (χ1) is 13.8. The zero-order chi connectivity index (χ0) is 20.6. The Morgan fingerprint density at radius 3 is 2.79 bits per heavy atom. The Morgan fingerprint density at radius 1 is 1.28 bits per heavy atom. The normalized spacial score (nSPS) is 16.9. The molecule has 1 saturated heterocycles. The topological polar surface area (TPSA) is 113 Å². The molecule has 0 radical (unpaired) electrons. The van der Waals surface area contributed by atoms with Gasteiger partial charge in [0.05, 0.1) is 6.54 Å². The third-order valence-electron chi connectivity index (χ3n) is 4.52. The van der Waals surface area contributed by atoms with Crippen LogP contribution in [-0.2, 0) is 4.74 Å². The van der Waals surface area contributed by atoms with Gasteiger partial charge < -0.3 is 14.4 Å². The molecule has 9 heteroatoms. The molecule has 1 aliphatic heterocycles. The number of hydrogen-bond acceptors (Lipinski definition) is 6. The van der Waals surface area contributed by atoms with E-state index in [1.54, 1.807) is 4.90 Å². The summed E-state index contributed by atoms with van der Waals surface area (Å²) >= 11 is 0. The molecule has 1 unspecified atom stereocenters. The maximum Gasteiger partial charge on any atom is 0.410 e. The van der Waals surface area contributed by atoms with E-state index in [1.807, 2.05) is 51.1 Å². The number of carbonyl (C=O) groups is 1. The second-order valence-corrected chi connectivity index (χ2v) is 8.02. The summed E-state index contributed by atoms with van der Waals surface area (Å²) in [6.45, 7) is 6.51. The molecule has 9 nitrogen and oxygen atoms in total. The number of aromatic nitrogens is 4. The highest BCUT2D eigenvalue weighted by molar-refractivity contribution is 5.89. The van der Waals surface area contributed by atoms with Gasteiger partial charge in [-0.05, 0) is 38.3 Å². The summed E-state index contributed by atoms with van der Waals surface area (Å²) in [5.41, 5.74) is -0.442. The molecule has 1 fully saturated rings. The lowest BCUT2D eigenvalue weighted by molar-refractivity contribution is 0.0275. The van der Waals surface area contributed by atoms with Crippen LogP contribution in [0.4, 0.5) is 4.79 Å². The van der Waals surface area contributed by atoms with Crippen molar-refractivity contribution in [1.29, 1.82) is 0 Å². The third kappa shape index (κ3) is 4.23. The highest BCUT2D eigenvalue weighted by Crippen LogP contribution is 2.29. The predicted molar refractivity (Wildman–Crippen MR) is 107 cm³/mol. The molecule has 1 aliphatic rings. The van der Waals surface area contributed by atoms with E-state index < -0.39 is 11.3 Å². The van der Waals surface area contributed by atoms with Crippen molar-refractivity contribution in [3.05, 3.63) is 40.8 Å². The van der Waals surface area contributed by atoms with Crippen LogP contribution in [0.2, 0.25) is 0 Å². The van der Waals surface area contributed by atoms with E-state index in [1.165, 1.54) is 0 Å². The Bertz CT molecular complexity index is 1100. The van der Waals surface area contributed by atoms with Crippen LogP contribution < -0.4 is 10.4 Å². The SMILES string of the molecule is CC(C)(C)OC(=O)N1CCC(Oc2nc(-c3n[nH]c(=O)[nH]3)cc3ccccc23)C1. The monoisotopic (exact) mass is 397 g/mol. The maximum absolute atomic E-state index is 12.3. The lowest BCUT2D eigenvalue weighted by atomic mass is 10.1. The van der Waals surface area contributed by atoms with Gasteiger partial charge in [0.1, 0.15) is 17.4 Å². The molecule has 1 amide bonds. The number of ether oxygens (including phenoxy) is 2. The molecule has 29 heavy (non-hydrogen) atoms. The molecule has 3 aromatic rings. The number of nitrogens with one attached hydrogen (secondary N) is 2. The molecule has 1 aromatic carbocycles. The molecule has 4 rings (SSSR count). The highest BCUT2D eigenvalue weighted by Gasteiger charge is 2.31. The fourth-order valence-electron chi connectivity index (χ4n) is 3.24. The second-order valence-electron chi connectivity index (χ2n) is 8.02. The lowest BCUT2D eigenvalue weighted by Gasteiger charge is -2.24. The summed E-state index contributed by atoms with van der Waals surface area (Å²) in [5.74, 6) is 0.783. The number of hydrogen-bond donors (Lipinski definition) is 2. The fraction of sp³-hybridized carbons (Fsp3) is 0.400. The number of H-pyrrole nitrogens is 2. The van der Waals surface area contributed by atoms with E-state index in [2.05, 4.69) is 20.2 Å². The van der Waals surface area contributed by atoms with Crippen LogP contribution in [0.1, 0.15) is 27.2 Å². The number of amides is 1. The van der Waals surface area contributed by atoms with Gasteiger partial charge in [-0.15, -0.1) is 0 Å². The van der Waals surface area contributed by atoms with Gasteiger partial charge in [-0.25, -0.2) is 19.7 Å². The Hall–Kier alpha value is -3.36. The van der Waals surface area contributed by atoms with Crippen molar-refractivity contribution in [2.24, 2.45) is 0 Å². The average molecular weight is 397 g/mol. The minimum absolute atomic E-state index is 0.202. The van der Waals surface area contributed by atoms with Crippen LogP contribution in [0.15, 0.2) is 35.1 Å². The second kappa shape index (κ2) is 7.23. The lowest BCUT2D eigenvalue weighted by Crippen LogP contribution is -2.36. The average Bonchev–Trinajstić information content (AvgIpc) is 3.29. The van der Waals surface area contributed by atoms with Gasteiger partial charge in [0.25, 0.3) is 0 Å². The number of rotatable bonds is 3. The molecular formula is C20H23N5O4. The number of carbonyl (C=O) groups excluding carboxylic acids is 1. The molecule has 1 atom stereocenters. The van der Waals surface area contributed by atoms with Gasteiger partial charge in [-0.1, -0.05) is 18.2 Å². The van der Waals surface area contributed by atoms with Crippen LogP contribution >= 0.6 is 0 Å². The van der Waals surface area contributed by atoms with E-state index in [4.69, 9.17) is 9.47 Å². The number of fused-ring (bicyclic) bond motifs is 1. The van der Waals surface area contributed by atoms with E-state index in [9.17, 15) is 9.59 Å². The number of aromatic amines is 2. The standard InChI is InChI=1S/C20H23N5O4/c1-20(2,3)29-19(27)25-9-8-13(11-25)28-17-14-7-5-4-6-12(14)10-15(21-17)16-22-18(26)24-23-16/h4-7,10,13H,8-9,11H2,1-3H3,(H2,22,23,24,26). The molecule has 152 valence electrons. The van der Waals surface area contributed by atoms with Gasteiger partial charge in [0, 0.05) is 18.4 Å². The van der Waals surface area contributed by atoms with Crippen molar-refractivity contribution in [3.8, 4) is 17.4 Å². The Balaban J connectivity index is 1.58. The Kier molecular flexibility index (Phi) is 4.73. The van der Waals surface area contributed by atoms with Crippen molar-refractivity contribution < 1.29 is 14.3 Å². The zero-order valence-electron chi connectivity index (χ0n) is 16.6. The van der Waals surface area contributed by atoms with Gasteiger partial charge in [-0.3, -0.25) is 4.98 Å². The number of likely N-dealkylation sites (tertiary alicyclic amines) is 1. The van der Waals surface area contributed by atoms with Gasteiger partial charge in [0.2, 0.25) is 5.88 Å². The summed E-state index contributed by atoms with van der Waals surface area (Å²) in [4.78, 5) is 32.5. The van der Waals surface area contributed by atoms with Crippen molar-refractivity contribution >= 4 is 16.9 Å². The summed E-state index contributed by atoms with van der Waals surface area (Å²) in [6.07, 6.45) is 0.134. The first-order valence-electron chi connectivity index (χ1n) is 9.48. The number of nitrogens with zero attached hydrogens (tertiary/aromatic N) is 3. The number of benzene rings is 1. The van der Waals surface area contributed by atoms with E-state index >= 15 is 0 Å². The maximum atomic E-state index is 12.3. The molecule has 0 spiro atoms. The van der Waals surface area contributed by atoms with E-state index in [0.29, 0.717) is 36.9 Å². The molecule has 0 bridgehead atoms. The number of pyridine rings is 1. The molecule has 2 N–H and O–H groups in total. The van der Waals surface area contributed by atoms with Crippen LogP contribution in [0, 0.1) is 0 Å². The van der Waals surface area contributed by atoms with Gasteiger partial charge in [-0.2, -0.15) is 5.10 Å². The van der Waals surface area contributed by atoms with E-state index in [-0.39, 0.29) is 12.2 Å². The van der Waals surface area contributed by atoms with Crippen LogP contribution in [0.3, 0.4) is 0 Å². The summed E-state index contributed by atoms with van der Waals surface area (Å²) in [7, 11) is 0.